The van der Waals surface area contributed by atoms with Gasteiger partial charge in [-0.2, -0.15) is 0 Å². The maximum atomic E-state index is 11.0. The number of hydrogen-bond acceptors (Lipinski definition) is 6. The van der Waals surface area contributed by atoms with Crippen LogP contribution < -0.4 is 4.72 Å². The molecule has 0 radical (unpaired) electrons. The highest BCUT2D eigenvalue weighted by molar-refractivity contribution is 7.97. The van der Waals surface area contributed by atoms with Crippen LogP contribution in [0.25, 0.3) is 0 Å². The zero-order chi connectivity index (χ0) is 15.2. The Bertz CT molecular complexity index is 664. The van der Waals surface area contributed by atoms with Crippen LogP contribution in [0.2, 0.25) is 0 Å². The maximum absolute atomic E-state index is 11.0. The summed E-state index contributed by atoms with van der Waals surface area (Å²) < 4.78 is 3.00. The Morgan fingerprint density at radius 2 is 1.71 bits per heavy atom. The predicted molar refractivity (Wildman–Crippen MR) is 78.9 cm³/mol. The minimum atomic E-state index is -0.654. The minimum Gasteiger partial charge on any atom is -0.258 e. The van der Waals surface area contributed by atoms with Gasteiger partial charge in [0, 0.05) is 12.6 Å². The lowest BCUT2D eigenvalue weighted by Crippen LogP contribution is -2.04. The molecule has 0 aliphatic carbocycles. The van der Waals surface area contributed by atoms with Crippen molar-refractivity contribution in [3.63, 3.8) is 0 Å². The lowest BCUT2D eigenvalue weighted by atomic mass is 10.2. The fraction of sp³-hybridized carbons (Fsp3) is 0.0769. The third-order valence-electron chi connectivity index (χ3n) is 2.65. The van der Waals surface area contributed by atoms with Crippen molar-refractivity contribution in [2.45, 2.75) is 11.4 Å². The molecule has 8 heteroatoms. The van der Waals surface area contributed by atoms with Crippen LogP contribution in [0.4, 0.5) is 11.4 Å². The number of nitrogens with zero attached hydrogens (tertiary/aromatic N) is 2. The number of nitro benzene ring substituents is 2. The third kappa shape index (κ3) is 4.01. The van der Waals surface area contributed by atoms with Crippen LogP contribution in [-0.2, 0) is 6.54 Å². The van der Waals surface area contributed by atoms with Crippen molar-refractivity contribution in [2.75, 3.05) is 0 Å². The van der Waals surface area contributed by atoms with E-state index >= 15 is 0 Å². The highest BCUT2D eigenvalue weighted by Gasteiger charge is 2.19. The monoisotopic (exact) mass is 305 g/mol. The van der Waals surface area contributed by atoms with E-state index < -0.39 is 9.85 Å². The standard InChI is InChI=1S/C13H11N3O4S/c17-15(18)11-6-7-13(12(8-11)16(19)20)21-14-9-10-4-2-1-3-5-10/h1-8,14H,9H2. The number of benzene rings is 2. The summed E-state index contributed by atoms with van der Waals surface area (Å²) in [5.41, 5.74) is 0.457. The van der Waals surface area contributed by atoms with E-state index in [1.165, 1.54) is 12.1 Å². The molecular weight excluding hydrogens is 294 g/mol. The summed E-state index contributed by atoms with van der Waals surface area (Å²) >= 11 is 1.08. The molecule has 0 aliphatic heterocycles. The van der Waals surface area contributed by atoms with E-state index in [0.29, 0.717) is 11.4 Å². The molecule has 0 unspecified atom stereocenters. The molecule has 1 N–H and O–H groups in total. The summed E-state index contributed by atoms with van der Waals surface area (Å²) in [5, 5.41) is 21.6. The van der Waals surface area contributed by atoms with Crippen LogP contribution in [0.1, 0.15) is 5.56 Å². The molecule has 0 amide bonds. The molecule has 2 aromatic carbocycles. The molecule has 0 saturated heterocycles. The van der Waals surface area contributed by atoms with Gasteiger partial charge in [0.25, 0.3) is 11.4 Å². The van der Waals surface area contributed by atoms with Gasteiger partial charge >= 0.3 is 0 Å². The highest BCUT2D eigenvalue weighted by Crippen LogP contribution is 2.31. The van der Waals surface area contributed by atoms with Gasteiger partial charge in [0.1, 0.15) is 4.90 Å². The van der Waals surface area contributed by atoms with Crippen molar-refractivity contribution in [1.82, 2.24) is 4.72 Å². The Kier molecular flexibility index (Phi) is 4.85. The molecule has 108 valence electrons. The SMILES string of the molecule is O=[N+]([O-])c1ccc(SNCc2ccccc2)c([N+](=O)[O-])c1. The second kappa shape index (κ2) is 6.82. The molecule has 0 aromatic heterocycles. The fourth-order valence-electron chi connectivity index (χ4n) is 1.64. The summed E-state index contributed by atoms with van der Waals surface area (Å²) in [5.74, 6) is 0. The Morgan fingerprint density at radius 1 is 1.00 bits per heavy atom. The predicted octanol–water partition coefficient (Wildman–Crippen LogP) is 3.30. The first-order chi connectivity index (χ1) is 10.1. The minimum absolute atomic E-state index is 0.283. The van der Waals surface area contributed by atoms with E-state index in [4.69, 9.17) is 0 Å². The average Bonchev–Trinajstić information content (AvgIpc) is 2.48. The summed E-state index contributed by atoms with van der Waals surface area (Å²) in [4.78, 5) is 20.7. The number of non-ortho nitro benzene ring substituents is 1. The van der Waals surface area contributed by atoms with Gasteiger partial charge in [-0.1, -0.05) is 30.3 Å². The van der Waals surface area contributed by atoms with Gasteiger partial charge in [0.05, 0.1) is 15.9 Å². The first kappa shape index (κ1) is 14.9. The molecule has 0 bridgehead atoms. The molecule has 2 aromatic rings. The largest absolute Gasteiger partial charge is 0.291 e. The zero-order valence-corrected chi connectivity index (χ0v) is 11.6. The summed E-state index contributed by atoms with van der Waals surface area (Å²) in [6.45, 7) is 0.527. The molecular formula is C13H11N3O4S. The van der Waals surface area contributed by atoms with Gasteiger partial charge in [0.2, 0.25) is 0 Å². The van der Waals surface area contributed by atoms with Gasteiger partial charge in [-0.05, 0) is 23.6 Å². The molecule has 21 heavy (non-hydrogen) atoms. The average molecular weight is 305 g/mol. The van der Waals surface area contributed by atoms with Crippen molar-refractivity contribution in [2.24, 2.45) is 0 Å². The van der Waals surface area contributed by atoms with Gasteiger partial charge in [-0.25, -0.2) is 0 Å². The lowest BCUT2D eigenvalue weighted by Gasteiger charge is -2.05. The first-order valence-corrected chi connectivity index (χ1v) is 6.76. The van der Waals surface area contributed by atoms with Crippen LogP contribution in [0.15, 0.2) is 53.4 Å². The van der Waals surface area contributed by atoms with Crippen LogP contribution in [0.5, 0.6) is 0 Å². The quantitative estimate of drug-likeness (QED) is 0.499. The second-order valence-corrected chi connectivity index (χ2v) is 5.01. The van der Waals surface area contributed by atoms with Crippen molar-refractivity contribution in [3.05, 3.63) is 74.3 Å². The number of nitro groups is 2. The normalized spacial score (nSPS) is 10.3. The third-order valence-corrected chi connectivity index (χ3v) is 3.51. The molecule has 0 heterocycles. The first-order valence-electron chi connectivity index (χ1n) is 5.94. The number of nitrogens with one attached hydrogen (secondary N) is 1. The Balaban J connectivity index is 2.09. The molecule has 0 aliphatic rings. The maximum Gasteiger partial charge on any atom is 0.291 e. The summed E-state index contributed by atoms with van der Waals surface area (Å²) in [6, 6.07) is 13.1. The molecule has 2 rings (SSSR count). The molecule has 0 saturated carbocycles. The molecule has 0 spiro atoms. The topological polar surface area (TPSA) is 98.3 Å². The smallest absolute Gasteiger partial charge is 0.258 e. The van der Waals surface area contributed by atoms with E-state index in [-0.39, 0.29) is 11.4 Å². The second-order valence-electron chi connectivity index (χ2n) is 4.08. The Hall–Kier alpha value is -2.45. The highest BCUT2D eigenvalue weighted by atomic mass is 32.2. The van der Waals surface area contributed by atoms with E-state index in [2.05, 4.69) is 4.72 Å². The molecule has 0 atom stereocenters. The molecule has 7 nitrogen and oxygen atoms in total. The van der Waals surface area contributed by atoms with Crippen molar-refractivity contribution >= 4 is 23.3 Å². The fourth-order valence-corrected chi connectivity index (χ4v) is 2.41. The zero-order valence-electron chi connectivity index (χ0n) is 10.8. The molecule has 0 fully saturated rings. The Labute approximate surface area is 124 Å². The van der Waals surface area contributed by atoms with Crippen molar-refractivity contribution < 1.29 is 9.85 Å². The van der Waals surface area contributed by atoms with E-state index in [1.54, 1.807) is 0 Å². The van der Waals surface area contributed by atoms with Gasteiger partial charge in [-0.15, -0.1) is 0 Å². The summed E-state index contributed by atoms with van der Waals surface area (Å²) in [7, 11) is 0. The van der Waals surface area contributed by atoms with E-state index in [9.17, 15) is 20.2 Å². The van der Waals surface area contributed by atoms with Gasteiger partial charge in [-0.3, -0.25) is 25.0 Å². The van der Waals surface area contributed by atoms with Crippen LogP contribution >= 0.6 is 11.9 Å². The van der Waals surface area contributed by atoms with Crippen LogP contribution in [0, 0.1) is 20.2 Å². The van der Waals surface area contributed by atoms with Crippen LogP contribution in [0.3, 0.4) is 0 Å². The van der Waals surface area contributed by atoms with Gasteiger partial charge in [0.15, 0.2) is 0 Å². The number of rotatable bonds is 6. The van der Waals surface area contributed by atoms with Crippen molar-refractivity contribution in [3.8, 4) is 0 Å². The van der Waals surface area contributed by atoms with Crippen molar-refractivity contribution in [1.29, 1.82) is 0 Å². The Morgan fingerprint density at radius 3 is 2.33 bits per heavy atom. The van der Waals surface area contributed by atoms with E-state index in [1.807, 2.05) is 30.3 Å². The van der Waals surface area contributed by atoms with E-state index in [0.717, 1.165) is 23.6 Å². The van der Waals surface area contributed by atoms with Gasteiger partial charge < -0.3 is 0 Å². The summed E-state index contributed by atoms with van der Waals surface area (Å²) in [6.07, 6.45) is 0. The number of hydrogen-bond donors (Lipinski definition) is 1. The van der Waals surface area contributed by atoms with Crippen LogP contribution in [-0.4, -0.2) is 9.85 Å². The lowest BCUT2D eigenvalue weighted by molar-refractivity contribution is -0.396.